The molecular weight excluding hydrogens is 234 g/mol. The Bertz CT molecular complexity index is 183. The van der Waals surface area contributed by atoms with E-state index in [0.29, 0.717) is 19.8 Å². The van der Waals surface area contributed by atoms with Crippen LogP contribution in [0, 0.1) is 0 Å². The Labute approximate surface area is 107 Å². The summed E-state index contributed by atoms with van der Waals surface area (Å²) in [6.45, 7) is 11.7. The van der Waals surface area contributed by atoms with E-state index in [1.165, 1.54) is 0 Å². The monoisotopic (exact) mass is 261 g/mol. The maximum absolute atomic E-state index is 5.70. The third-order valence-corrected chi connectivity index (χ3v) is 4.76. The average molecular weight is 261 g/mol. The molecule has 0 saturated heterocycles. The van der Waals surface area contributed by atoms with Gasteiger partial charge in [0, 0.05) is 26.4 Å². The highest BCUT2D eigenvalue weighted by molar-refractivity contribution is 6.66. The zero-order valence-electron chi connectivity index (χ0n) is 11.6. The van der Waals surface area contributed by atoms with Crippen LogP contribution in [-0.4, -0.2) is 41.7 Å². The van der Waals surface area contributed by atoms with Crippen LogP contribution in [0.2, 0.25) is 0 Å². The zero-order valence-corrected chi connectivity index (χ0v) is 12.6. The summed E-state index contributed by atoms with van der Waals surface area (Å²) in [5.41, 5.74) is 1.98. The topological polar surface area (TPSA) is 39.7 Å². The summed E-state index contributed by atoms with van der Waals surface area (Å²) in [6.07, 6.45) is 3.18. The van der Waals surface area contributed by atoms with Gasteiger partial charge in [0.05, 0.1) is 0 Å². The molecule has 0 atom stereocenters. The second-order valence-corrected chi connectivity index (χ2v) is 5.92. The molecule has 4 nitrogen and oxygen atoms in total. The molecule has 1 N–H and O–H groups in total. The number of hydrogen-bond donors (Lipinski definition) is 1. The van der Waals surface area contributed by atoms with Crippen LogP contribution in [0.15, 0.2) is 11.8 Å². The first-order valence-corrected chi connectivity index (χ1v) is 8.35. The summed E-state index contributed by atoms with van der Waals surface area (Å²) in [7, 11) is -2.58. The molecule has 0 aromatic carbocycles. The molecule has 102 valence electrons. The van der Waals surface area contributed by atoms with Gasteiger partial charge in [-0.2, -0.15) is 0 Å². The number of nitrogens with one attached hydrogen (secondary N) is 1. The summed E-state index contributed by atoms with van der Waals surface area (Å²) in [4.78, 5) is 0. The summed E-state index contributed by atoms with van der Waals surface area (Å²) in [5, 5.41) is 3.30. The maximum atomic E-state index is 5.70. The van der Waals surface area contributed by atoms with Gasteiger partial charge < -0.3 is 18.6 Å². The van der Waals surface area contributed by atoms with Gasteiger partial charge in [0.2, 0.25) is 0 Å². The molecule has 0 unspecified atom stereocenters. The van der Waals surface area contributed by atoms with Gasteiger partial charge in [-0.3, -0.25) is 0 Å². The van der Waals surface area contributed by atoms with Crippen molar-refractivity contribution in [1.29, 1.82) is 0 Å². The van der Waals surface area contributed by atoms with Crippen LogP contribution in [0.25, 0.3) is 0 Å². The Morgan fingerprint density at radius 3 is 1.88 bits per heavy atom. The summed E-state index contributed by atoms with van der Waals surface area (Å²) in [5.74, 6) is 0. The Morgan fingerprint density at radius 1 is 0.941 bits per heavy atom. The molecule has 0 aromatic rings. The minimum Gasteiger partial charge on any atom is -0.371 e. The van der Waals surface area contributed by atoms with E-state index >= 15 is 0 Å². The lowest BCUT2D eigenvalue weighted by atomic mass is 10.5. The van der Waals surface area contributed by atoms with E-state index < -0.39 is 8.80 Å². The molecule has 5 heteroatoms. The van der Waals surface area contributed by atoms with E-state index in [4.69, 9.17) is 13.3 Å². The molecule has 0 rings (SSSR count). The summed E-state index contributed by atoms with van der Waals surface area (Å²) >= 11 is 0. The first kappa shape index (κ1) is 16.8. The van der Waals surface area contributed by atoms with Crippen molar-refractivity contribution >= 4 is 8.80 Å². The van der Waals surface area contributed by atoms with Gasteiger partial charge >= 0.3 is 8.80 Å². The smallest absolute Gasteiger partial charge is 0.371 e. The van der Waals surface area contributed by atoms with Crippen molar-refractivity contribution in [3.8, 4) is 0 Å². The van der Waals surface area contributed by atoms with Crippen molar-refractivity contribution in [3.05, 3.63) is 11.8 Å². The fraction of sp³-hybridized carbons (Fsp3) is 0.833. The number of rotatable bonds is 11. The first-order valence-electron chi connectivity index (χ1n) is 6.54. The van der Waals surface area contributed by atoms with E-state index in [0.717, 1.165) is 19.5 Å². The van der Waals surface area contributed by atoms with Crippen LogP contribution in [0.3, 0.4) is 0 Å². The Hall–Kier alpha value is -0.203. The van der Waals surface area contributed by atoms with Crippen LogP contribution in [0.5, 0.6) is 0 Å². The molecule has 0 heterocycles. The fourth-order valence-corrected chi connectivity index (χ4v) is 3.59. The van der Waals surface area contributed by atoms with Crippen LogP contribution >= 0.6 is 0 Å². The van der Waals surface area contributed by atoms with Gasteiger partial charge in [0.1, 0.15) is 0 Å². The van der Waals surface area contributed by atoms with E-state index in [9.17, 15) is 0 Å². The average Bonchev–Trinajstić information content (AvgIpc) is 2.30. The van der Waals surface area contributed by atoms with Gasteiger partial charge in [-0.1, -0.05) is 13.0 Å². The van der Waals surface area contributed by atoms with Crippen molar-refractivity contribution in [2.75, 3.05) is 32.9 Å². The van der Waals surface area contributed by atoms with Gasteiger partial charge in [0.25, 0.3) is 0 Å². The number of hydrogen-bond acceptors (Lipinski definition) is 4. The van der Waals surface area contributed by atoms with E-state index in [1.54, 1.807) is 0 Å². The van der Waals surface area contributed by atoms with Crippen LogP contribution < -0.4 is 5.32 Å². The zero-order chi connectivity index (χ0) is 13.0. The van der Waals surface area contributed by atoms with E-state index in [2.05, 4.69) is 12.2 Å². The molecule has 0 aliphatic heterocycles. The highest BCUT2D eigenvalue weighted by Gasteiger charge is 2.37. The normalized spacial score (nSPS) is 12.5. The van der Waals surface area contributed by atoms with Crippen molar-refractivity contribution in [3.63, 3.8) is 0 Å². The third-order valence-electron chi connectivity index (χ3n) is 2.05. The second kappa shape index (κ2) is 10.9. The minimum atomic E-state index is -2.58. The quantitative estimate of drug-likeness (QED) is 0.457. The molecule has 0 aliphatic rings. The molecule has 0 bridgehead atoms. The Balaban J connectivity index is 4.31. The molecule has 0 spiro atoms. The van der Waals surface area contributed by atoms with Crippen LogP contribution in [-0.2, 0) is 13.3 Å². The standard InChI is InChI=1S/C12H27NO3Si/c1-5-10-13-11-9-12-17(14-6-2,15-7-3)16-8-4/h9,12-13H,5-8,10-11H2,1-4H3. The SMILES string of the molecule is CCCNCC=C[Si](OCC)(OCC)OCC. The molecule has 0 aromatic heterocycles. The minimum absolute atomic E-state index is 0.610. The fourth-order valence-electron chi connectivity index (χ4n) is 1.44. The van der Waals surface area contributed by atoms with Crippen molar-refractivity contribution < 1.29 is 13.3 Å². The molecule has 0 fully saturated rings. The predicted molar refractivity (Wildman–Crippen MR) is 72.9 cm³/mol. The highest BCUT2D eigenvalue weighted by Crippen LogP contribution is 2.11. The van der Waals surface area contributed by atoms with Crippen LogP contribution in [0.4, 0.5) is 0 Å². The maximum Gasteiger partial charge on any atom is 0.529 e. The second-order valence-electron chi connectivity index (χ2n) is 3.51. The lowest BCUT2D eigenvalue weighted by molar-refractivity contribution is 0.0842. The van der Waals surface area contributed by atoms with Gasteiger partial charge in [-0.05, 0) is 39.4 Å². The lowest BCUT2D eigenvalue weighted by Crippen LogP contribution is -2.44. The molecule has 0 amide bonds. The molecule has 0 radical (unpaired) electrons. The van der Waals surface area contributed by atoms with E-state index in [-0.39, 0.29) is 0 Å². The Morgan fingerprint density at radius 2 is 1.47 bits per heavy atom. The molecule has 0 saturated carbocycles. The van der Waals surface area contributed by atoms with Gasteiger partial charge in [-0.15, -0.1) is 0 Å². The third kappa shape index (κ3) is 7.67. The van der Waals surface area contributed by atoms with Crippen molar-refractivity contribution in [2.24, 2.45) is 0 Å². The summed E-state index contributed by atoms with van der Waals surface area (Å²) in [6, 6.07) is 0. The van der Waals surface area contributed by atoms with E-state index in [1.807, 2.05) is 32.5 Å². The predicted octanol–water partition coefficient (Wildman–Crippen LogP) is 2.13. The van der Waals surface area contributed by atoms with Crippen LogP contribution in [0.1, 0.15) is 34.1 Å². The molecule has 0 aliphatic carbocycles. The first-order chi connectivity index (χ1) is 8.24. The van der Waals surface area contributed by atoms with Gasteiger partial charge in [0.15, 0.2) is 0 Å². The molecular formula is C12H27NO3Si. The highest BCUT2D eigenvalue weighted by atomic mass is 28.4. The van der Waals surface area contributed by atoms with Crippen molar-refractivity contribution in [2.45, 2.75) is 34.1 Å². The largest absolute Gasteiger partial charge is 0.529 e. The molecule has 17 heavy (non-hydrogen) atoms. The van der Waals surface area contributed by atoms with Crippen molar-refractivity contribution in [1.82, 2.24) is 5.32 Å². The lowest BCUT2D eigenvalue weighted by Gasteiger charge is -2.25. The summed E-state index contributed by atoms with van der Waals surface area (Å²) < 4.78 is 17.1. The van der Waals surface area contributed by atoms with Gasteiger partial charge in [-0.25, -0.2) is 0 Å². The Kier molecular flexibility index (Phi) is 10.8.